The second kappa shape index (κ2) is 6.12. The van der Waals surface area contributed by atoms with Crippen LogP contribution in [0.3, 0.4) is 0 Å². The van der Waals surface area contributed by atoms with Crippen molar-refractivity contribution in [1.82, 2.24) is 14.4 Å². The molecule has 0 amide bonds. The van der Waals surface area contributed by atoms with Gasteiger partial charge in [-0.25, -0.2) is 4.98 Å². The van der Waals surface area contributed by atoms with Gasteiger partial charge in [0.2, 0.25) is 5.65 Å². The molecule has 7 heteroatoms. The topological polar surface area (TPSA) is 76.2 Å². The van der Waals surface area contributed by atoms with Crippen molar-refractivity contribution in [3.63, 3.8) is 0 Å². The summed E-state index contributed by atoms with van der Waals surface area (Å²) in [5.74, 6) is 0. The van der Waals surface area contributed by atoms with E-state index in [1.54, 1.807) is 6.20 Å². The van der Waals surface area contributed by atoms with E-state index in [9.17, 15) is 4.79 Å². The molecular weight excluding hydrogens is 323 g/mol. The summed E-state index contributed by atoms with van der Waals surface area (Å²) in [7, 11) is 0. The predicted molar refractivity (Wildman–Crippen MR) is 91.3 cm³/mol. The molecule has 0 bridgehead atoms. The van der Waals surface area contributed by atoms with Crippen LogP contribution in [0.2, 0.25) is 0 Å². The smallest absolute Gasteiger partial charge is 0.292 e. The summed E-state index contributed by atoms with van der Waals surface area (Å²) in [4.78, 5) is 19.1. The van der Waals surface area contributed by atoms with Gasteiger partial charge in [-0.2, -0.15) is 0 Å². The molecule has 0 saturated carbocycles. The fourth-order valence-electron chi connectivity index (χ4n) is 3.08. The van der Waals surface area contributed by atoms with E-state index < -0.39 is 0 Å². The Bertz CT molecular complexity index is 885. The SMILES string of the molecule is Cl.Cl.NCCc1cccc2c1Cc1c-2[nH]c(=O)c2nccn12. The minimum Gasteiger partial charge on any atom is -0.330 e. The van der Waals surface area contributed by atoms with E-state index in [0.717, 1.165) is 29.8 Å². The van der Waals surface area contributed by atoms with Crippen molar-refractivity contribution in [2.75, 3.05) is 6.54 Å². The Morgan fingerprint density at radius 2 is 2.14 bits per heavy atom. The molecule has 0 unspecified atom stereocenters. The molecular formula is C15H16Cl2N4O. The van der Waals surface area contributed by atoms with Crippen LogP contribution in [0.1, 0.15) is 16.8 Å². The van der Waals surface area contributed by atoms with Crippen LogP contribution in [0, 0.1) is 0 Å². The molecule has 1 aliphatic carbocycles. The third kappa shape index (κ3) is 2.22. The minimum absolute atomic E-state index is 0. The maximum Gasteiger partial charge on any atom is 0.292 e. The van der Waals surface area contributed by atoms with Gasteiger partial charge in [0.05, 0.1) is 11.4 Å². The molecule has 116 valence electrons. The summed E-state index contributed by atoms with van der Waals surface area (Å²) in [5.41, 5.74) is 11.6. The van der Waals surface area contributed by atoms with Gasteiger partial charge >= 0.3 is 0 Å². The van der Waals surface area contributed by atoms with Crippen LogP contribution in [-0.2, 0) is 12.8 Å². The molecule has 0 aliphatic heterocycles. The van der Waals surface area contributed by atoms with Gasteiger partial charge in [0, 0.05) is 24.4 Å². The Labute approximate surface area is 139 Å². The quantitative estimate of drug-likeness (QED) is 0.586. The largest absolute Gasteiger partial charge is 0.330 e. The number of imidazole rings is 1. The van der Waals surface area contributed by atoms with E-state index in [-0.39, 0.29) is 30.4 Å². The third-order valence-electron chi connectivity index (χ3n) is 3.96. The van der Waals surface area contributed by atoms with Crippen LogP contribution in [0.15, 0.2) is 35.4 Å². The Kier molecular flexibility index (Phi) is 4.60. The molecule has 2 aromatic heterocycles. The summed E-state index contributed by atoms with van der Waals surface area (Å²) in [6, 6.07) is 6.19. The Hall–Kier alpha value is -1.82. The highest BCUT2D eigenvalue weighted by molar-refractivity contribution is 5.85. The molecule has 1 aliphatic rings. The van der Waals surface area contributed by atoms with Crippen molar-refractivity contribution in [2.45, 2.75) is 12.8 Å². The number of fused-ring (bicyclic) bond motifs is 5. The number of nitrogens with two attached hydrogens (primary N) is 1. The first-order valence-corrected chi connectivity index (χ1v) is 6.69. The number of hydrogen-bond acceptors (Lipinski definition) is 3. The molecule has 1 aromatic carbocycles. The van der Waals surface area contributed by atoms with Crippen molar-refractivity contribution < 1.29 is 0 Å². The van der Waals surface area contributed by atoms with Gasteiger partial charge in [-0.3, -0.25) is 9.20 Å². The third-order valence-corrected chi connectivity index (χ3v) is 3.96. The second-order valence-electron chi connectivity index (χ2n) is 5.06. The molecule has 0 atom stereocenters. The lowest BCUT2D eigenvalue weighted by molar-refractivity contribution is 0.940. The van der Waals surface area contributed by atoms with E-state index in [0.29, 0.717) is 12.2 Å². The zero-order valence-corrected chi connectivity index (χ0v) is 13.3. The molecule has 2 heterocycles. The van der Waals surface area contributed by atoms with Gasteiger partial charge < -0.3 is 10.7 Å². The highest BCUT2D eigenvalue weighted by atomic mass is 35.5. The first kappa shape index (κ1) is 16.5. The van der Waals surface area contributed by atoms with Gasteiger partial charge in [0.25, 0.3) is 5.56 Å². The van der Waals surface area contributed by atoms with Crippen molar-refractivity contribution >= 4 is 30.5 Å². The minimum atomic E-state index is -0.147. The Morgan fingerprint density at radius 1 is 1.32 bits per heavy atom. The van der Waals surface area contributed by atoms with Crippen LogP contribution in [-0.4, -0.2) is 20.9 Å². The fraction of sp³-hybridized carbons (Fsp3) is 0.200. The van der Waals surface area contributed by atoms with Crippen LogP contribution >= 0.6 is 24.8 Å². The number of nitrogens with zero attached hydrogens (tertiary/aromatic N) is 2. The maximum atomic E-state index is 12.1. The zero-order valence-electron chi connectivity index (χ0n) is 11.7. The monoisotopic (exact) mass is 338 g/mol. The summed E-state index contributed by atoms with van der Waals surface area (Å²) < 4.78 is 1.89. The molecule has 3 aromatic rings. The lowest BCUT2D eigenvalue weighted by Crippen LogP contribution is -2.13. The van der Waals surface area contributed by atoms with Crippen molar-refractivity contribution in [2.24, 2.45) is 5.73 Å². The molecule has 0 fully saturated rings. The first-order chi connectivity index (χ1) is 9.79. The van der Waals surface area contributed by atoms with E-state index in [1.165, 1.54) is 11.1 Å². The van der Waals surface area contributed by atoms with Gasteiger partial charge in [-0.15, -0.1) is 24.8 Å². The summed E-state index contributed by atoms with van der Waals surface area (Å²) in [6.45, 7) is 0.629. The number of aromatic amines is 1. The average molecular weight is 339 g/mol. The molecule has 3 N–H and O–H groups in total. The van der Waals surface area contributed by atoms with Crippen molar-refractivity contribution in [1.29, 1.82) is 0 Å². The Balaban J connectivity index is 0.000000882. The standard InChI is InChI=1S/C15H14N4O.2ClH/c16-5-4-9-2-1-3-10-11(9)8-12-13(10)18-15(20)14-17-6-7-19(12)14;;/h1-3,6-7H,4-5,8,16H2,(H,18,20);2*1H. The number of nitrogens with one attached hydrogen (secondary N) is 1. The normalized spacial score (nSPS) is 11.5. The first-order valence-electron chi connectivity index (χ1n) is 6.69. The number of rotatable bonds is 2. The van der Waals surface area contributed by atoms with Crippen LogP contribution in [0.4, 0.5) is 0 Å². The summed E-state index contributed by atoms with van der Waals surface area (Å²) in [6.07, 6.45) is 5.17. The molecule has 4 rings (SSSR count). The van der Waals surface area contributed by atoms with Gasteiger partial charge in [0.15, 0.2) is 0 Å². The van der Waals surface area contributed by atoms with E-state index in [1.807, 2.05) is 16.7 Å². The Morgan fingerprint density at radius 3 is 2.91 bits per heavy atom. The molecule has 0 saturated heterocycles. The molecule has 0 radical (unpaired) electrons. The number of benzene rings is 1. The van der Waals surface area contributed by atoms with Crippen molar-refractivity contribution in [3.05, 3.63) is 57.8 Å². The molecule has 22 heavy (non-hydrogen) atoms. The van der Waals surface area contributed by atoms with Crippen LogP contribution in [0.25, 0.3) is 16.9 Å². The van der Waals surface area contributed by atoms with Gasteiger partial charge in [-0.1, -0.05) is 18.2 Å². The highest BCUT2D eigenvalue weighted by Gasteiger charge is 2.24. The number of aromatic nitrogens is 3. The highest BCUT2D eigenvalue weighted by Crippen LogP contribution is 2.36. The van der Waals surface area contributed by atoms with Crippen LogP contribution < -0.4 is 11.3 Å². The number of hydrogen-bond donors (Lipinski definition) is 2. The van der Waals surface area contributed by atoms with Crippen LogP contribution in [0.5, 0.6) is 0 Å². The van der Waals surface area contributed by atoms with E-state index in [2.05, 4.69) is 22.1 Å². The molecule has 0 spiro atoms. The lowest BCUT2D eigenvalue weighted by Gasteiger charge is -2.06. The van der Waals surface area contributed by atoms with E-state index >= 15 is 0 Å². The maximum absolute atomic E-state index is 12.1. The zero-order chi connectivity index (χ0) is 13.7. The summed E-state index contributed by atoms with van der Waals surface area (Å²) in [5, 5.41) is 0. The predicted octanol–water partition coefficient (Wildman–Crippen LogP) is 1.94. The lowest BCUT2D eigenvalue weighted by atomic mass is 10.0. The molecule has 5 nitrogen and oxygen atoms in total. The fourth-order valence-corrected chi connectivity index (χ4v) is 3.08. The summed E-state index contributed by atoms with van der Waals surface area (Å²) >= 11 is 0. The van der Waals surface area contributed by atoms with E-state index in [4.69, 9.17) is 5.73 Å². The number of H-pyrrole nitrogens is 1. The van der Waals surface area contributed by atoms with Gasteiger partial charge in [-0.05, 0) is 24.1 Å². The number of halogens is 2. The average Bonchev–Trinajstić information content (AvgIpc) is 3.04. The second-order valence-corrected chi connectivity index (χ2v) is 5.06. The van der Waals surface area contributed by atoms with Crippen molar-refractivity contribution in [3.8, 4) is 11.3 Å². The van der Waals surface area contributed by atoms with Gasteiger partial charge in [0.1, 0.15) is 0 Å².